The average Bonchev–Trinajstić information content (AvgIpc) is 2.84. The Bertz CT molecular complexity index is 909. The van der Waals surface area contributed by atoms with E-state index in [1.807, 2.05) is 40.1 Å². The predicted molar refractivity (Wildman–Crippen MR) is 129 cm³/mol. The molecule has 32 heavy (non-hydrogen) atoms. The van der Waals surface area contributed by atoms with E-state index in [-0.39, 0.29) is 11.9 Å². The zero-order chi connectivity index (χ0) is 22.3. The molecule has 6 heteroatoms. The molecule has 1 unspecified atom stereocenters. The highest BCUT2D eigenvalue weighted by atomic mass is 16.2. The van der Waals surface area contributed by atoms with Crippen LogP contribution in [0, 0.1) is 12.8 Å². The number of anilines is 2. The molecule has 4 rings (SSSR count). The summed E-state index contributed by atoms with van der Waals surface area (Å²) in [5, 5.41) is 2.98. The molecule has 3 amide bonds. The van der Waals surface area contributed by atoms with Gasteiger partial charge in [0.1, 0.15) is 0 Å². The van der Waals surface area contributed by atoms with E-state index in [0.29, 0.717) is 12.3 Å². The van der Waals surface area contributed by atoms with Crippen molar-refractivity contribution in [3.05, 3.63) is 60.2 Å². The van der Waals surface area contributed by atoms with Crippen molar-refractivity contribution in [2.45, 2.75) is 32.6 Å². The predicted octanol–water partition coefficient (Wildman–Crippen LogP) is 4.37. The molecule has 0 radical (unpaired) electrons. The molecule has 2 fully saturated rings. The molecule has 2 saturated heterocycles. The number of urea groups is 1. The van der Waals surface area contributed by atoms with Gasteiger partial charge in [0.25, 0.3) is 0 Å². The minimum Gasteiger partial charge on any atom is -0.368 e. The van der Waals surface area contributed by atoms with Crippen LogP contribution in [0.4, 0.5) is 16.2 Å². The maximum Gasteiger partial charge on any atom is 0.321 e. The number of amides is 3. The van der Waals surface area contributed by atoms with Gasteiger partial charge >= 0.3 is 6.03 Å². The third kappa shape index (κ3) is 5.61. The molecule has 0 spiro atoms. The van der Waals surface area contributed by atoms with E-state index in [9.17, 15) is 9.59 Å². The lowest BCUT2D eigenvalue weighted by molar-refractivity contribution is -0.131. The monoisotopic (exact) mass is 434 g/mol. The van der Waals surface area contributed by atoms with Crippen molar-refractivity contribution in [3.8, 4) is 0 Å². The SMILES string of the molecule is Cc1ccccc1N1CCN(C(=O)CCC2CCCN(C(=O)Nc3ccccc3)C2)CC1. The van der Waals surface area contributed by atoms with Crippen LogP contribution < -0.4 is 10.2 Å². The summed E-state index contributed by atoms with van der Waals surface area (Å²) in [4.78, 5) is 31.7. The molecule has 6 nitrogen and oxygen atoms in total. The quantitative estimate of drug-likeness (QED) is 0.760. The molecular weight excluding hydrogens is 400 g/mol. The molecule has 0 aliphatic carbocycles. The molecule has 2 aliphatic heterocycles. The lowest BCUT2D eigenvalue weighted by atomic mass is 9.93. The first kappa shape index (κ1) is 22.2. The number of hydrogen-bond donors (Lipinski definition) is 1. The number of hydrogen-bond acceptors (Lipinski definition) is 3. The summed E-state index contributed by atoms with van der Waals surface area (Å²) in [5.41, 5.74) is 3.38. The highest BCUT2D eigenvalue weighted by molar-refractivity contribution is 5.89. The van der Waals surface area contributed by atoms with Crippen molar-refractivity contribution in [1.29, 1.82) is 0 Å². The Morgan fingerprint density at radius 2 is 1.62 bits per heavy atom. The van der Waals surface area contributed by atoms with Gasteiger partial charge in [0.15, 0.2) is 0 Å². The van der Waals surface area contributed by atoms with Gasteiger partial charge in [-0.3, -0.25) is 4.79 Å². The molecule has 2 heterocycles. The first-order valence-corrected chi connectivity index (χ1v) is 11.8. The molecule has 2 aromatic rings. The molecule has 0 saturated carbocycles. The third-order valence-corrected chi connectivity index (χ3v) is 6.69. The molecule has 1 N–H and O–H groups in total. The summed E-state index contributed by atoms with van der Waals surface area (Å²) in [6.07, 6.45) is 3.51. The average molecular weight is 435 g/mol. The number of nitrogens with zero attached hydrogens (tertiary/aromatic N) is 3. The molecule has 1 atom stereocenters. The Labute approximate surface area is 191 Å². The zero-order valence-electron chi connectivity index (χ0n) is 19.0. The normalized spacial score (nSPS) is 19.0. The largest absolute Gasteiger partial charge is 0.368 e. The van der Waals surface area contributed by atoms with Crippen LogP contribution in [0.5, 0.6) is 0 Å². The van der Waals surface area contributed by atoms with Crippen LogP contribution in [0.15, 0.2) is 54.6 Å². The topological polar surface area (TPSA) is 55.9 Å². The van der Waals surface area contributed by atoms with E-state index in [1.165, 1.54) is 11.3 Å². The maximum absolute atomic E-state index is 12.8. The van der Waals surface area contributed by atoms with Gasteiger partial charge in [-0.15, -0.1) is 0 Å². The fourth-order valence-corrected chi connectivity index (χ4v) is 4.81. The van der Waals surface area contributed by atoms with Gasteiger partial charge in [-0.2, -0.15) is 0 Å². The second kappa shape index (κ2) is 10.5. The number of benzene rings is 2. The summed E-state index contributed by atoms with van der Waals surface area (Å²) in [5.74, 6) is 0.641. The highest BCUT2D eigenvalue weighted by Crippen LogP contribution is 2.24. The molecule has 0 bridgehead atoms. The highest BCUT2D eigenvalue weighted by Gasteiger charge is 2.26. The number of para-hydroxylation sites is 2. The van der Waals surface area contributed by atoms with E-state index >= 15 is 0 Å². The van der Waals surface area contributed by atoms with E-state index in [1.54, 1.807) is 0 Å². The molecular formula is C26H34N4O2. The van der Waals surface area contributed by atoms with E-state index < -0.39 is 0 Å². The second-order valence-corrected chi connectivity index (χ2v) is 8.94. The van der Waals surface area contributed by atoms with Gasteiger partial charge in [-0.05, 0) is 55.9 Å². The zero-order valence-corrected chi connectivity index (χ0v) is 19.0. The van der Waals surface area contributed by atoms with Crippen molar-refractivity contribution in [2.75, 3.05) is 49.5 Å². The number of carbonyl (C=O) groups excluding carboxylic acids is 2. The van der Waals surface area contributed by atoms with Gasteiger partial charge in [0.05, 0.1) is 0 Å². The van der Waals surface area contributed by atoms with Gasteiger partial charge in [0, 0.05) is 57.1 Å². The summed E-state index contributed by atoms with van der Waals surface area (Å²) in [6.45, 7) is 6.98. The van der Waals surface area contributed by atoms with Crippen LogP contribution in [0.25, 0.3) is 0 Å². The number of likely N-dealkylation sites (tertiary alicyclic amines) is 1. The number of aryl methyl sites for hydroxylation is 1. The lowest BCUT2D eigenvalue weighted by Gasteiger charge is -2.37. The molecule has 2 aromatic carbocycles. The standard InChI is InChI=1S/C26H34N4O2/c1-21-8-5-6-12-24(21)28-16-18-29(19-17-28)25(31)14-13-22-9-7-15-30(20-22)26(32)27-23-10-3-2-4-11-23/h2-6,8,10-12,22H,7,9,13-20H2,1H3,(H,27,32). The van der Waals surface area contributed by atoms with Crippen molar-refractivity contribution in [1.82, 2.24) is 9.80 Å². The van der Waals surface area contributed by atoms with Crippen LogP contribution in [0.3, 0.4) is 0 Å². The summed E-state index contributed by atoms with van der Waals surface area (Å²) in [6, 6.07) is 18.0. The van der Waals surface area contributed by atoms with Gasteiger partial charge in [-0.1, -0.05) is 36.4 Å². The summed E-state index contributed by atoms with van der Waals surface area (Å²) >= 11 is 0. The van der Waals surface area contributed by atoms with Crippen LogP contribution in [0.2, 0.25) is 0 Å². The van der Waals surface area contributed by atoms with Gasteiger partial charge in [0.2, 0.25) is 5.91 Å². The summed E-state index contributed by atoms with van der Waals surface area (Å²) < 4.78 is 0. The Morgan fingerprint density at radius 3 is 2.38 bits per heavy atom. The van der Waals surface area contributed by atoms with E-state index in [2.05, 4.69) is 41.4 Å². The number of nitrogens with one attached hydrogen (secondary N) is 1. The fourth-order valence-electron chi connectivity index (χ4n) is 4.81. The Kier molecular flexibility index (Phi) is 7.30. The molecule has 170 valence electrons. The lowest BCUT2D eigenvalue weighted by Crippen LogP contribution is -2.49. The van der Waals surface area contributed by atoms with Crippen LogP contribution >= 0.6 is 0 Å². The number of piperazine rings is 1. The van der Waals surface area contributed by atoms with Crippen LogP contribution in [-0.4, -0.2) is 61.0 Å². The van der Waals surface area contributed by atoms with Gasteiger partial charge < -0.3 is 20.0 Å². The van der Waals surface area contributed by atoms with Crippen molar-refractivity contribution in [3.63, 3.8) is 0 Å². The minimum atomic E-state index is -0.0421. The maximum atomic E-state index is 12.8. The van der Waals surface area contributed by atoms with Crippen molar-refractivity contribution < 1.29 is 9.59 Å². The third-order valence-electron chi connectivity index (χ3n) is 6.69. The second-order valence-electron chi connectivity index (χ2n) is 8.94. The number of carbonyl (C=O) groups is 2. The van der Waals surface area contributed by atoms with Gasteiger partial charge in [-0.25, -0.2) is 4.79 Å². The number of rotatable bonds is 5. The summed E-state index contributed by atoms with van der Waals surface area (Å²) in [7, 11) is 0. The van der Waals surface area contributed by atoms with Crippen molar-refractivity contribution in [2.24, 2.45) is 5.92 Å². The van der Waals surface area contributed by atoms with Crippen molar-refractivity contribution >= 4 is 23.3 Å². The van der Waals surface area contributed by atoms with Crippen LogP contribution in [-0.2, 0) is 4.79 Å². The minimum absolute atomic E-state index is 0.0421. The van der Waals surface area contributed by atoms with Crippen LogP contribution in [0.1, 0.15) is 31.2 Å². The Morgan fingerprint density at radius 1 is 0.906 bits per heavy atom. The first-order chi connectivity index (χ1) is 15.6. The fraction of sp³-hybridized carbons (Fsp3) is 0.462. The Balaban J connectivity index is 1.21. The first-order valence-electron chi connectivity index (χ1n) is 11.8. The van der Waals surface area contributed by atoms with E-state index in [0.717, 1.165) is 64.2 Å². The number of piperidine rings is 1. The molecule has 2 aliphatic rings. The molecule has 0 aromatic heterocycles. The Hall–Kier alpha value is -3.02. The smallest absolute Gasteiger partial charge is 0.321 e. The van der Waals surface area contributed by atoms with E-state index in [4.69, 9.17) is 0 Å².